The van der Waals surface area contributed by atoms with Crippen molar-refractivity contribution in [1.82, 2.24) is 19.5 Å². The van der Waals surface area contributed by atoms with Crippen LogP contribution in [0.15, 0.2) is 12.7 Å². The average Bonchev–Trinajstić information content (AvgIpc) is 3.09. The fourth-order valence-corrected chi connectivity index (χ4v) is 2.36. The van der Waals surface area contributed by atoms with E-state index in [1.165, 1.54) is 6.33 Å². The minimum Gasteiger partial charge on any atom is -0.382 e. The maximum atomic E-state index is 5.75. The molecule has 3 rings (SSSR count). The zero-order valence-corrected chi connectivity index (χ0v) is 11.4. The van der Waals surface area contributed by atoms with Crippen LogP contribution in [0.2, 0.25) is 0 Å². The Labute approximate surface area is 117 Å². The van der Waals surface area contributed by atoms with Gasteiger partial charge >= 0.3 is 0 Å². The van der Waals surface area contributed by atoms with Crippen LogP contribution in [0.1, 0.15) is 12.8 Å². The quantitative estimate of drug-likeness (QED) is 0.788. The molecule has 0 spiro atoms. The SMILES string of the molecule is Nc1ncnc2c1ncn2CCCOCC1CCOC1. The molecule has 3 heterocycles. The smallest absolute Gasteiger partial charge is 0.165 e. The first-order chi connectivity index (χ1) is 9.84. The number of hydrogen-bond acceptors (Lipinski definition) is 6. The predicted octanol–water partition coefficient (Wildman–Crippen LogP) is 0.852. The van der Waals surface area contributed by atoms with Gasteiger partial charge in [0, 0.05) is 25.7 Å². The zero-order chi connectivity index (χ0) is 13.8. The molecular formula is C13H19N5O2. The van der Waals surface area contributed by atoms with E-state index in [-0.39, 0.29) is 0 Å². The van der Waals surface area contributed by atoms with Crippen molar-refractivity contribution in [2.24, 2.45) is 5.92 Å². The van der Waals surface area contributed by atoms with Crippen LogP contribution in [0.3, 0.4) is 0 Å². The van der Waals surface area contributed by atoms with Gasteiger partial charge in [-0.1, -0.05) is 0 Å². The van der Waals surface area contributed by atoms with Crippen LogP contribution in [0.4, 0.5) is 5.82 Å². The van der Waals surface area contributed by atoms with E-state index in [1.807, 2.05) is 4.57 Å². The first-order valence-electron chi connectivity index (χ1n) is 6.91. The molecule has 1 saturated heterocycles. The first kappa shape index (κ1) is 13.3. The number of aromatic nitrogens is 4. The summed E-state index contributed by atoms with van der Waals surface area (Å²) in [6.45, 7) is 4.04. The van der Waals surface area contributed by atoms with Crippen molar-refractivity contribution in [3.63, 3.8) is 0 Å². The second-order valence-corrected chi connectivity index (χ2v) is 5.03. The number of imidazole rings is 1. The van der Waals surface area contributed by atoms with Gasteiger partial charge in [0.15, 0.2) is 11.5 Å². The monoisotopic (exact) mass is 277 g/mol. The topological polar surface area (TPSA) is 88.1 Å². The summed E-state index contributed by atoms with van der Waals surface area (Å²) in [6, 6.07) is 0. The molecule has 20 heavy (non-hydrogen) atoms. The minimum absolute atomic E-state index is 0.422. The van der Waals surface area contributed by atoms with Crippen LogP contribution >= 0.6 is 0 Å². The van der Waals surface area contributed by atoms with E-state index in [0.717, 1.165) is 51.5 Å². The van der Waals surface area contributed by atoms with Gasteiger partial charge in [0.25, 0.3) is 0 Å². The lowest BCUT2D eigenvalue weighted by molar-refractivity contribution is 0.0865. The lowest BCUT2D eigenvalue weighted by Crippen LogP contribution is -2.11. The Bertz CT molecular complexity index is 565. The number of nitrogen functional groups attached to an aromatic ring is 1. The number of aryl methyl sites for hydroxylation is 1. The van der Waals surface area contributed by atoms with E-state index in [9.17, 15) is 0 Å². The molecule has 7 nitrogen and oxygen atoms in total. The van der Waals surface area contributed by atoms with Gasteiger partial charge in [0.05, 0.1) is 19.5 Å². The number of nitrogens with two attached hydrogens (primary N) is 1. The lowest BCUT2D eigenvalue weighted by atomic mass is 10.1. The Morgan fingerprint density at radius 1 is 1.40 bits per heavy atom. The molecule has 0 aliphatic carbocycles. The van der Waals surface area contributed by atoms with Crippen LogP contribution in [0.25, 0.3) is 11.2 Å². The molecule has 1 fully saturated rings. The highest BCUT2D eigenvalue weighted by molar-refractivity contribution is 5.80. The number of rotatable bonds is 6. The Hall–Kier alpha value is -1.73. The summed E-state index contributed by atoms with van der Waals surface area (Å²) >= 11 is 0. The maximum Gasteiger partial charge on any atom is 0.165 e. The van der Waals surface area contributed by atoms with Crippen LogP contribution < -0.4 is 5.73 Å². The second-order valence-electron chi connectivity index (χ2n) is 5.03. The Balaban J connectivity index is 1.46. The molecule has 1 aliphatic heterocycles. The highest BCUT2D eigenvalue weighted by Crippen LogP contribution is 2.15. The number of fused-ring (bicyclic) bond motifs is 1. The normalized spacial score (nSPS) is 18.9. The van der Waals surface area contributed by atoms with Crippen molar-refractivity contribution >= 4 is 17.0 Å². The van der Waals surface area contributed by atoms with Gasteiger partial charge < -0.3 is 19.8 Å². The summed E-state index contributed by atoms with van der Waals surface area (Å²) in [5, 5.41) is 0. The highest BCUT2D eigenvalue weighted by Gasteiger charge is 2.15. The van der Waals surface area contributed by atoms with Crippen LogP contribution in [0.5, 0.6) is 0 Å². The fourth-order valence-electron chi connectivity index (χ4n) is 2.36. The molecule has 7 heteroatoms. The van der Waals surface area contributed by atoms with Crippen molar-refractivity contribution in [3.8, 4) is 0 Å². The van der Waals surface area contributed by atoms with Crippen molar-refractivity contribution in [3.05, 3.63) is 12.7 Å². The largest absolute Gasteiger partial charge is 0.382 e. The summed E-state index contributed by atoms with van der Waals surface area (Å²) < 4.78 is 13.0. The molecule has 1 aliphatic rings. The molecule has 2 aromatic heterocycles. The summed E-state index contributed by atoms with van der Waals surface area (Å²) in [4.78, 5) is 12.4. The molecular weight excluding hydrogens is 258 g/mol. The van der Waals surface area contributed by atoms with E-state index >= 15 is 0 Å². The van der Waals surface area contributed by atoms with Gasteiger partial charge in [0.2, 0.25) is 0 Å². The standard InChI is InChI=1S/C13H19N5O2/c14-12-11-13(16-8-15-12)18(9-17-11)3-1-4-19-6-10-2-5-20-7-10/h8-10H,1-7H2,(H2,14,15,16). The van der Waals surface area contributed by atoms with Gasteiger partial charge in [-0.2, -0.15) is 0 Å². The van der Waals surface area contributed by atoms with Crippen molar-refractivity contribution < 1.29 is 9.47 Å². The molecule has 0 aromatic carbocycles. The van der Waals surface area contributed by atoms with Crippen LogP contribution in [0, 0.1) is 5.92 Å². The van der Waals surface area contributed by atoms with Gasteiger partial charge in [-0.25, -0.2) is 15.0 Å². The molecule has 0 saturated carbocycles. The summed E-state index contributed by atoms with van der Waals surface area (Å²) in [5.41, 5.74) is 7.20. The third-order valence-corrected chi connectivity index (χ3v) is 3.49. The molecule has 0 radical (unpaired) electrons. The molecule has 1 atom stereocenters. The summed E-state index contributed by atoms with van der Waals surface area (Å²) in [6.07, 6.45) is 5.25. The number of nitrogens with zero attached hydrogens (tertiary/aromatic N) is 4. The fraction of sp³-hybridized carbons (Fsp3) is 0.615. The average molecular weight is 277 g/mol. The molecule has 2 aromatic rings. The third-order valence-electron chi connectivity index (χ3n) is 3.49. The Morgan fingerprint density at radius 3 is 3.20 bits per heavy atom. The number of ether oxygens (including phenoxy) is 2. The Kier molecular flexibility index (Phi) is 4.08. The van der Waals surface area contributed by atoms with E-state index in [0.29, 0.717) is 17.3 Å². The third kappa shape index (κ3) is 2.88. The van der Waals surface area contributed by atoms with E-state index in [2.05, 4.69) is 15.0 Å². The first-order valence-corrected chi connectivity index (χ1v) is 6.91. The molecule has 1 unspecified atom stereocenters. The van der Waals surface area contributed by atoms with E-state index < -0.39 is 0 Å². The van der Waals surface area contributed by atoms with Crippen LogP contribution in [-0.2, 0) is 16.0 Å². The van der Waals surface area contributed by atoms with E-state index in [4.69, 9.17) is 15.2 Å². The molecule has 108 valence electrons. The van der Waals surface area contributed by atoms with Gasteiger partial charge in [-0.05, 0) is 12.8 Å². The maximum absolute atomic E-state index is 5.75. The van der Waals surface area contributed by atoms with Crippen molar-refractivity contribution in [2.45, 2.75) is 19.4 Å². The van der Waals surface area contributed by atoms with Crippen molar-refractivity contribution in [1.29, 1.82) is 0 Å². The zero-order valence-electron chi connectivity index (χ0n) is 11.4. The summed E-state index contributed by atoms with van der Waals surface area (Å²) in [5.74, 6) is 0.989. The lowest BCUT2D eigenvalue weighted by Gasteiger charge is -2.09. The van der Waals surface area contributed by atoms with Gasteiger partial charge in [0.1, 0.15) is 11.8 Å². The second kappa shape index (κ2) is 6.15. The van der Waals surface area contributed by atoms with Gasteiger partial charge in [-0.3, -0.25) is 0 Å². The number of hydrogen-bond donors (Lipinski definition) is 1. The molecule has 0 amide bonds. The highest BCUT2D eigenvalue weighted by atomic mass is 16.5. The van der Waals surface area contributed by atoms with Crippen LogP contribution in [-0.4, -0.2) is 45.9 Å². The number of anilines is 1. The summed E-state index contributed by atoms with van der Waals surface area (Å²) in [7, 11) is 0. The predicted molar refractivity (Wildman–Crippen MR) is 74.1 cm³/mol. The molecule has 0 bridgehead atoms. The van der Waals surface area contributed by atoms with Crippen molar-refractivity contribution in [2.75, 3.05) is 32.2 Å². The molecule has 2 N–H and O–H groups in total. The van der Waals surface area contributed by atoms with E-state index in [1.54, 1.807) is 6.33 Å². The Morgan fingerprint density at radius 2 is 2.35 bits per heavy atom. The van der Waals surface area contributed by atoms with Gasteiger partial charge in [-0.15, -0.1) is 0 Å². The minimum atomic E-state index is 0.422.